The lowest BCUT2D eigenvalue weighted by atomic mass is 9.80. The minimum Gasteiger partial charge on any atom is -0.443 e. The maximum absolute atomic E-state index is 13.2. The largest absolute Gasteiger partial charge is 0.443 e. The Bertz CT molecular complexity index is 941. The molecule has 2 aromatic rings. The molecule has 1 amide bonds. The number of hydrogen-bond donors (Lipinski definition) is 0. The van der Waals surface area contributed by atoms with Crippen molar-refractivity contribution in [1.29, 1.82) is 5.26 Å². The number of carbonyl (C=O) groups is 1. The van der Waals surface area contributed by atoms with Crippen molar-refractivity contribution in [3.63, 3.8) is 0 Å². The zero-order valence-corrected chi connectivity index (χ0v) is 17.5. The highest BCUT2D eigenvalue weighted by atomic mass is 19.1. The Morgan fingerprint density at radius 2 is 1.86 bits per heavy atom. The second-order valence-electron chi connectivity index (χ2n) is 8.94. The summed E-state index contributed by atoms with van der Waals surface area (Å²) in [6.07, 6.45) is 1.37. The third kappa shape index (κ3) is 4.76. The van der Waals surface area contributed by atoms with E-state index in [4.69, 9.17) is 10.00 Å². The number of rotatable bonds is 4. The van der Waals surface area contributed by atoms with E-state index < -0.39 is 5.60 Å². The summed E-state index contributed by atoms with van der Waals surface area (Å²) < 4.78 is 18.8. The molecule has 5 heteroatoms. The summed E-state index contributed by atoms with van der Waals surface area (Å²) in [7, 11) is 0. The molecule has 0 aromatic heterocycles. The number of fused-ring (bicyclic) bond motifs is 1. The van der Waals surface area contributed by atoms with Crippen LogP contribution in [0, 0.1) is 17.1 Å². The molecule has 0 saturated heterocycles. The molecule has 3 rings (SSSR count). The van der Waals surface area contributed by atoms with Gasteiger partial charge in [-0.05, 0) is 68.5 Å². The van der Waals surface area contributed by atoms with Crippen LogP contribution in [0.3, 0.4) is 0 Å². The maximum Gasteiger partial charge on any atom is 0.414 e. The predicted molar refractivity (Wildman–Crippen MR) is 111 cm³/mol. The Morgan fingerprint density at radius 1 is 1.21 bits per heavy atom. The molecule has 0 spiro atoms. The summed E-state index contributed by atoms with van der Waals surface area (Å²) in [5, 5.41) is 9.06. The van der Waals surface area contributed by atoms with Crippen molar-refractivity contribution in [1.82, 2.24) is 0 Å². The van der Waals surface area contributed by atoms with Crippen LogP contribution in [0.2, 0.25) is 0 Å². The molecule has 4 nitrogen and oxygen atoms in total. The normalized spacial score (nSPS) is 18.3. The molecule has 0 aliphatic carbocycles. The number of amides is 1. The van der Waals surface area contributed by atoms with Crippen molar-refractivity contribution in [2.24, 2.45) is 0 Å². The number of halogens is 1. The number of ether oxygens (including phenoxy) is 1. The van der Waals surface area contributed by atoms with Gasteiger partial charge in [-0.3, -0.25) is 4.90 Å². The fourth-order valence-corrected chi connectivity index (χ4v) is 3.80. The maximum atomic E-state index is 13.2. The molecule has 2 aromatic carbocycles. The van der Waals surface area contributed by atoms with E-state index in [0.29, 0.717) is 25.8 Å². The van der Waals surface area contributed by atoms with Gasteiger partial charge < -0.3 is 4.74 Å². The summed E-state index contributed by atoms with van der Waals surface area (Å²) in [4.78, 5) is 14.6. The first-order valence-electron chi connectivity index (χ1n) is 9.87. The number of nitriles is 1. The minimum absolute atomic E-state index is 0.257. The van der Waals surface area contributed by atoms with Crippen molar-refractivity contribution in [3.8, 4) is 6.07 Å². The van der Waals surface area contributed by atoms with E-state index in [9.17, 15) is 9.18 Å². The Balaban J connectivity index is 1.95. The molecule has 1 aliphatic rings. The first kappa shape index (κ1) is 20.9. The highest BCUT2D eigenvalue weighted by Crippen LogP contribution is 2.44. The Morgan fingerprint density at radius 3 is 2.48 bits per heavy atom. The van der Waals surface area contributed by atoms with Gasteiger partial charge in [0.2, 0.25) is 0 Å². The van der Waals surface area contributed by atoms with Gasteiger partial charge in [0.15, 0.2) is 0 Å². The molecule has 1 heterocycles. The lowest BCUT2D eigenvalue weighted by Gasteiger charge is -2.27. The quantitative estimate of drug-likeness (QED) is 0.665. The van der Waals surface area contributed by atoms with Gasteiger partial charge in [0.1, 0.15) is 11.4 Å². The van der Waals surface area contributed by atoms with E-state index in [1.165, 1.54) is 12.1 Å². The molecule has 29 heavy (non-hydrogen) atoms. The third-order valence-electron chi connectivity index (χ3n) is 5.23. The SMILES string of the molecule is CC(C)(C)OC(=O)N1CC(C)(CCC#N)c2ccc(Cc3ccc(F)cc3)cc21. The second-order valence-corrected chi connectivity index (χ2v) is 8.94. The van der Waals surface area contributed by atoms with Crippen molar-refractivity contribution in [3.05, 3.63) is 65.0 Å². The smallest absolute Gasteiger partial charge is 0.414 e. The Kier molecular flexibility index (Phi) is 5.66. The van der Waals surface area contributed by atoms with Crippen molar-refractivity contribution in [2.75, 3.05) is 11.4 Å². The number of carbonyl (C=O) groups excluding carboxylic acids is 1. The summed E-state index contributed by atoms with van der Waals surface area (Å²) in [6, 6.07) is 14.8. The van der Waals surface area contributed by atoms with Gasteiger partial charge >= 0.3 is 6.09 Å². The van der Waals surface area contributed by atoms with Crippen LogP contribution in [-0.4, -0.2) is 18.2 Å². The molecular weight excluding hydrogens is 367 g/mol. The average molecular weight is 394 g/mol. The fourth-order valence-electron chi connectivity index (χ4n) is 3.80. The number of hydrogen-bond acceptors (Lipinski definition) is 3. The zero-order valence-electron chi connectivity index (χ0n) is 17.5. The van der Waals surface area contributed by atoms with Gasteiger partial charge in [0, 0.05) is 18.4 Å². The highest BCUT2D eigenvalue weighted by Gasteiger charge is 2.42. The summed E-state index contributed by atoms with van der Waals surface area (Å²) >= 11 is 0. The van der Waals surface area contributed by atoms with Crippen molar-refractivity contribution < 1.29 is 13.9 Å². The molecular formula is C24H27FN2O2. The molecule has 0 radical (unpaired) electrons. The molecule has 1 atom stereocenters. The monoisotopic (exact) mass is 394 g/mol. The van der Waals surface area contributed by atoms with E-state index in [1.54, 1.807) is 17.0 Å². The van der Waals surface area contributed by atoms with Gasteiger partial charge in [0.05, 0.1) is 11.8 Å². The van der Waals surface area contributed by atoms with Crippen LogP contribution in [0.25, 0.3) is 0 Å². The van der Waals surface area contributed by atoms with E-state index >= 15 is 0 Å². The van der Waals surface area contributed by atoms with Gasteiger partial charge in [-0.25, -0.2) is 9.18 Å². The molecule has 0 N–H and O–H groups in total. The predicted octanol–water partition coefficient (Wildman–Crippen LogP) is 5.73. The van der Waals surface area contributed by atoms with Crippen LogP contribution in [0.4, 0.5) is 14.9 Å². The van der Waals surface area contributed by atoms with Crippen LogP contribution in [0.5, 0.6) is 0 Å². The van der Waals surface area contributed by atoms with Crippen LogP contribution < -0.4 is 4.90 Å². The lowest BCUT2D eigenvalue weighted by Crippen LogP contribution is -2.39. The number of anilines is 1. The first-order valence-corrected chi connectivity index (χ1v) is 9.87. The van der Waals surface area contributed by atoms with E-state index in [1.807, 2.05) is 32.9 Å². The minimum atomic E-state index is -0.589. The topological polar surface area (TPSA) is 53.3 Å². The van der Waals surface area contributed by atoms with Crippen LogP contribution >= 0.6 is 0 Å². The van der Waals surface area contributed by atoms with Gasteiger partial charge in [-0.2, -0.15) is 5.26 Å². The average Bonchev–Trinajstić information content (AvgIpc) is 2.94. The summed E-state index contributed by atoms with van der Waals surface area (Å²) in [5.74, 6) is -0.257. The first-order chi connectivity index (χ1) is 13.6. The summed E-state index contributed by atoms with van der Waals surface area (Å²) in [5.41, 5.74) is 3.04. The van der Waals surface area contributed by atoms with Gasteiger partial charge in [-0.1, -0.05) is 31.2 Å². The van der Waals surface area contributed by atoms with Crippen LogP contribution in [0.15, 0.2) is 42.5 Å². The number of nitrogens with zero attached hydrogens (tertiary/aromatic N) is 2. The van der Waals surface area contributed by atoms with Gasteiger partial charge in [0.25, 0.3) is 0 Å². The molecule has 0 fully saturated rings. The fraction of sp³-hybridized carbons (Fsp3) is 0.417. The molecule has 1 aliphatic heterocycles. The van der Waals surface area contributed by atoms with Crippen LogP contribution in [-0.2, 0) is 16.6 Å². The van der Waals surface area contributed by atoms with E-state index in [0.717, 1.165) is 22.4 Å². The van der Waals surface area contributed by atoms with Crippen molar-refractivity contribution in [2.45, 2.75) is 58.0 Å². The third-order valence-corrected chi connectivity index (χ3v) is 5.23. The molecule has 152 valence electrons. The molecule has 1 unspecified atom stereocenters. The van der Waals surface area contributed by atoms with Crippen molar-refractivity contribution >= 4 is 11.8 Å². The second kappa shape index (κ2) is 7.87. The van der Waals surface area contributed by atoms with Crippen LogP contribution in [0.1, 0.15) is 57.2 Å². The van der Waals surface area contributed by atoms with E-state index in [-0.39, 0.29) is 17.3 Å². The lowest BCUT2D eigenvalue weighted by molar-refractivity contribution is 0.0578. The Hall–Kier alpha value is -2.87. The highest BCUT2D eigenvalue weighted by molar-refractivity contribution is 5.92. The van der Waals surface area contributed by atoms with Gasteiger partial charge in [-0.15, -0.1) is 0 Å². The van der Waals surface area contributed by atoms with E-state index in [2.05, 4.69) is 19.1 Å². The summed E-state index contributed by atoms with van der Waals surface area (Å²) in [6.45, 7) is 8.12. The molecule has 0 bridgehead atoms. The standard InChI is InChI=1S/C24H27FN2O2/c1-23(2,3)29-22(28)27-16-24(4,12-5-13-26)20-11-8-18(15-21(20)27)14-17-6-9-19(25)10-7-17/h6-11,15H,5,12,14,16H2,1-4H3. The zero-order chi connectivity index (χ0) is 21.2. The molecule has 0 saturated carbocycles. The Labute approximate surface area is 171 Å². The number of benzene rings is 2.